The second-order valence-corrected chi connectivity index (χ2v) is 6.25. The Balaban J connectivity index is 1.78. The summed E-state index contributed by atoms with van der Waals surface area (Å²) >= 11 is 0. The largest absolute Gasteiger partial charge is 0.491 e. The van der Waals surface area contributed by atoms with Gasteiger partial charge in [-0.3, -0.25) is 0 Å². The van der Waals surface area contributed by atoms with E-state index in [1.807, 2.05) is 19.1 Å². The molecule has 0 aliphatic rings. The van der Waals surface area contributed by atoms with Crippen LogP contribution >= 0.6 is 0 Å². The predicted molar refractivity (Wildman–Crippen MR) is 106 cm³/mol. The SMILES string of the molecule is C/C=C/COc1ccc(C(F)(F)Oc2ccc3cc(OCC)c(F)cc3c2)cc1. The molecule has 0 spiro atoms. The maximum Gasteiger partial charge on any atom is 0.426 e. The Morgan fingerprint density at radius 1 is 0.897 bits per heavy atom. The van der Waals surface area contributed by atoms with Gasteiger partial charge in [0.15, 0.2) is 11.6 Å². The quantitative estimate of drug-likeness (QED) is 0.405. The zero-order valence-corrected chi connectivity index (χ0v) is 16.1. The first-order valence-corrected chi connectivity index (χ1v) is 9.20. The summed E-state index contributed by atoms with van der Waals surface area (Å²) in [5.41, 5.74) is -0.311. The number of hydrogen-bond acceptors (Lipinski definition) is 3. The zero-order chi connectivity index (χ0) is 20.9. The number of allylic oxidation sites excluding steroid dienone is 1. The molecule has 0 fully saturated rings. The first kappa shape index (κ1) is 20.6. The molecule has 0 saturated carbocycles. The first-order valence-electron chi connectivity index (χ1n) is 9.20. The van der Waals surface area contributed by atoms with Gasteiger partial charge in [-0.2, -0.15) is 8.78 Å². The van der Waals surface area contributed by atoms with Crippen LogP contribution < -0.4 is 14.2 Å². The van der Waals surface area contributed by atoms with Gasteiger partial charge in [0.1, 0.15) is 18.1 Å². The summed E-state index contributed by atoms with van der Waals surface area (Å²) in [6.45, 7) is 4.31. The molecule has 3 aromatic carbocycles. The van der Waals surface area contributed by atoms with Crippen molar-refractivity contribution < 1.29 is 27.4 Å². The number of ether oxygens (including phenoxy) is 3. The highest BCUT2D eigenvalue weighted by atomic mass is 19.3. The number of alkyl halides is 2. The third-order valence-corrected chi connectivity index (χ3v) is 4.18. The van der Waals surface area contributed by atoms with Gasteiger partial charge in [-0.1, -0.05) is 18.2 Å². The number of hydrogen-bond donors (Lipinski definition) is 0. The van der Waals surface area contributed by atoms with Crippen LogP contribution in [0, 0.1) is 5.82 Å². The Morgan fingerprint density at radius 3 is 2.31 bits per heavy atom. The molecule has 0 bridgehead atoms. The molecule has 3 rings (SSSR count). The van der Waals surface area contributed by atoms with Crippen molar-refractivity contribution in [3.8, 4) is 17.2 Å². The van der Waals surface area contributed by atoms with Crippen molar-refractivity contribution in [2.45, 2.75) is 20.0 Å². The molecule has 152 valence electrons. The minimum atomic E-state index is -3.56. The summed E-state index contributed by atoms with van der Waals surface area (Å²) in [6.07, 6.45) is 0.0915. The van der Waals surface area contributed by atoms with Crippen LogP contribution in [0.1, 0.15) is 19.4 Å². The molecule has 0 heterocycles. The van der Waals surface area contributed by atoms with E-state index in [1.165, 1.54) is 48.5 Å². The van der Waals surface area contributed by atoms with Gasteiger partial charge in [-0.05, 0) is 73.2 Å². The third-order valence-electron chi connectivity index (χ3n) is 4.18. The van der Waals surface area contributed by atoms with Crippen molar-refractivity contribution in [1.82, 2.24) is 0 Å². The maximum absolute atomic E-state index is 14.6. The van der Waals surface area contributed by atoms with Crippen molar-refractivity contribution in [3.63, 3.8) is 0 Å². The smallest absolute Gasteiger partial charge is 0.426 e. The van der Waals surface area contributed by atoms with Gasteiger partial charge in [0.05, 0.1) is 12.2 Å². The van der Waals surface area contributed by atoms with Crippen molar-refractivity contribution in [2.75, 3.05) is 13.2 Å². The lowest BCUT2D eigenvalue weighted by molar-refractivity contribution is -0.185. The van der Waals surface area contributed by atoms with E-state index in [9.17, 15) is 13.2 Å². The molecular formula is C23H21F3O3. The van der Waals surface area contributed by atoms with Gasteiger partial charge >= 0.3 is 6.11 Å². The van der Waals surface area contributed by atoms with Gasteiger partial charge in [0.2, 0.25) is 0 Å². The summed E-state index contributed by atoms with van der Waals surface area (Å²) in [5, 5.41) is 1.10. The fraction of sp³-hybridized carbons (Fsp3) is 0.217. The molecule has 0 unspecified atom stereocenters. The standard InChI is InChI=1S/C23H21F3O3/c1-3-5-12-28-19-10-7-18(8-11-19)23(25,26)29-20-9-6-16-15-22(27-4-2)21(24)14-17(16)13-20/h3,5-11,13-15H,4,12H2,1-2H3/b5-3+. The summed E-state index contributed by atoms with van der Waals surface area (Å²) in [7, 11) is 0. The Bertz CT molecular complexity index is 998. The molecule has 0 saturated heterocycles. The van der Waals surface area contributed by atoms with E-state index in [1.54, 1.807) is 13.0 Å². The molecule has 0 N–H and O–H groups in total. The van der Waals surface area contributed by atoms with Crippen LogP contribution in [0.3, 0.4) is 0 Å². The summed E-state index contributed by atoms with van der Waals surface area (Å²) in [5.74, 6) is -0.0269. The summed E-state index contributed by atoms with van der Waals surface area (Å²) < 4.78 is 58.7. The third kappa shape index (κ3) is 5.02. The Morgan fingerprint density at radius 2 is 1.62 bits per heavy atom. The molecule has 6 heteroatoms. The van der Waals surface area contributed by atoms with Gasteiger partial charge < -0.3 is 14.2 Å². The van der Waals surface area contributed by atoms with Gasteiger partial charge in [0.25, 0.3) is 0 Å². The summed E-state index contributed by atoms with van der Waals surface area (Å²) in [4.78, 5) is 0. The van der Waals surface area contributed by atoms with Crippen molar-refractivity contribution >= 4 is 10.8 Å². The predicted octanol–water partition coefficient (Wildman–Crippen LogP) is 6.46. The monoisotopic (exact) mass is 402 g/mol. The van der Waals surface area contributed by atoms with E-state index >= 15 is 0 Å². The molecule has 0 aromatic heterocycles. The van der Waals surface area contributed by atoms with Crippen LogP contribution in [-0.4, -0.2) is 13.2 Å². The molecule has 0 aliphatic carbocycles. The highest BCUT2D eigenvalue weighted by Gasteiger charge is 2.34. The van der Waals surface area contributed by atoms with Crippen LogP contribution in [0.5, 0.6) is 17.2 Å². The molecular weight excluding hydrogens is 381 g/mol. The van der Waals surface area contributed by atoms with E-state index in [2.05, 4.69) is 0 Å². The lowest BCUT2D eigenvalue weighted by Gasteiger charge is -2.19. The van der Waals surface area contributed by atoms with E-state index < -0.39 is 11.9 Å². The van der Waals surface area contributed by atoms with Crippen LogP contribution in [0.2, 0.25) is 0 Å². The maximum atomic E-state index is 14.6. The van der Waals surface area contributed by atoms with Crippen molar-refractivity contribution in [2.24, 2.45) is 0 Å². The molecule has 0 aliphatic heterocycles. The average molecular weight is 402 g/mol. The number of fused-ring (bicyclic) bond motifs is 1. The minimum absolute atomic E-state index is 0.0699. The average Bonchev–Trinajstić information content (AvgIpc) is 2.69. The Hall–Kier alpha value is -3.15. The highest BCUT2D eigenvalue weighted by molar-refractivity contribution is 5.85. The van der Waals surface area contributed by atoms with Crippen molar-refractivity contribution in [3.05, 3.63) is 78.1 Å². The fourth-order valence-corrected chi connectivity index (χ4v) is 2.75. The summed E-state index contributed by atoms with van der Waals surface area (Å²) in [6, 6.07) is 12.6. The molecule has 3 nitrogen and oxygen atoms in total. The van der Waals surface area contributed by atoms with E-state index in [-0.39, 0.29) is 17.1 Å². The number of benzene rings is 3. The van der Waals surface area contributed by atoms with Crippen LogP contribution in [0.15, 0.2) is 66.7 Å². The zero-order valence-electron chi connectivity index (χ0n) is 16.1. The Labute approximate surface area is 167 Å². The van der Waals surface area contributed by atoms with Gasteiger partial charge in [0, 0.05) is 0 Å². The van der Waals surface area contributed by atoms with E-state index in [0.717, 1.165) is 0 Å². The topological polar surface area (TPSA) is 27.7 Å². The molecule has 0 amide bonds. The van der Waals surface area contributed by atoms with E-state index in [4.69, 9.17) is 14.2 Å². The van der Waals surface area contributed by atoms with Crippen LogP contribution in [-0.2, 0) is 6.11 Å². The highest BCUT2D eigenvalue weighted by Crippen LogP contribution is 2.34. The Kier molecular flexibility index (Phi) is 6.32. The van der Waals surface area contributed by atoms with Crippen LogP contribution in [0.4, 0.5) is 13.2 Å². The van der Waals surface area contributed by atoms with Crippen molar-refractivity contribution in [1.29, 1.82) is 0 Å². The lowest BCUT2D eigenvalue weighted by Crippen LogP contribution is -2.21. The van der Waals surface area contributed by atoms with E-state index in [0.29, 0.717) is 29.7 Å². The normalized spacial score (nSPS) is 11.8. The van der Waals surface area contributed by atoms with Gasteiger partial charge in [-0.25, -0.2) is 4.39 Å². The second kappa shape index (κ2) is 8.90. The van der Waals surface area contributed by atoms with Crippen LogP contribution in [0.25, 0.3) is 10.8 Å². The second-order valence-electron chi connectivity index (χ2n) is 6.25. The molecule has 29 heavy (non-hydrogen) atoms. The molecule has 0 atom stereocenters. The first-order chi connectivity index (χ1) is 13.9. The number of halogens is 3. The lowest BCUT2D eigenvalue weighted by atomic mass is 10.1. The number of rotatable bonds is 8. The molecule has 0 radical (unpaired) electrons. The minimum Gasteiger partial charge on any atom is -0.491 e. The fourth-order valence-electron chi connectivity index (χ4n) is 2.75. The molecule has 3 aromatic rings. The van der Waals surface area contributed by atoms with Gasteiger partial charge in [-0.15, -0.1) is 0 Å².